The molecule has 0 fully saturated rings. The molecule has 4 N–H and O–H groups in total. The number of carbonyl (C=O) groups is 1. The normalized spacial score (nSPS) is 23.6. The molecule has 19 heavy (non-hydrogen) atoms. The maximum atomic E-state index is 14.0. The summed E-state index contributed by atoms with van der Waals surface area (Å²) in [6.07, 6.45) is 0.507. The van der Waals surface area contributed by atoms with Crippen LogP contribution in [0.4, 0.5) is 4.39 Å². The van der Waals surface area contributed by atoms with Gasteiger partial charge in [0, 0.05) is 17.5 Å². The van der Waals surface area contributed by atoms with Crippen molar-refractivity contribution in [2.24, 2.45) is 16.5 Å². The quantitative estimate of drug-likeness (QED) is 0.833. The van der Waals surface area contributed by atoms with E-state index in [1.807, 2.05) is 0 Å². The van der Waals surface area contributed by atoms with Gasteiger partial charge in [-0.05, 0) is 25.1 Å². The van der Waals surface area contributed by atoms with Gasteiger partial charge in [0.25, 0.3) is 0 Å². The molecule has 0 bridgehead atoms. The Morgan fingerprint density at radius 3 is 2.95 bits per heavy atom. The molecule has 0 aromatic heterocycles. The van der Waals surface area contributed by atoms with Crippen molar-refractivity contribution in [1.29, 1.82) is 0 Å². The number of carbonyl (C=O) groups excluding carboxylic acids is 1. The van der Waals surface area contributed by atoms with E-state index in [4.69, 9.17) is 16.2 Å². The number of rotatable bonds is 2. The highest BCUT2D eigenvalue weighted by atomic mass is 19.1. The van der Waals surface area contributed by atoms with Crippen molar-refractivity contribution in [3.8, 4) is 0 Å². The fourth-order valence-electron chi connectivity index (χ4n) is 2.08. The summed E-state index contributed by atoms with van der Waals surface area (Å²) in [5, 5.41) is 0. The van der Waals surface area contributed by atoms with Crippen molar-refractivity contribution in [3.63, 3.8) is 0 Å². The van der Waals surface area contributed by atoms with Crippen molar-refractivity contribution < 1.29 is 13.9 Å². The van der Waals surface area contributed by atoms with Gasteiger partial charge < -0.3 is 16.2 Å². The molecule has 0 saturated heterocycles. The van der Waals surface area contributed by atoms with E-state index in [1.54, 1.807) is 6.92 Å². The van der Waals surface area contributed by atoms with E-state index < -0.39 is 17.3 Å². The van der Waals surface area contributed by atoms with Crippen LogP contribution in [0.5, 0.6) is 0 Å². The Bertz CT molecular complexity index is 545. The summed E-state index contributed by atoms with van der Waals surface area (Å²) >= 11 is 0. The molecule has 0 unspecified atom stereocenters. The molecule has 0 aliphatic carbocycles. The summed E-state index contributed by atoms with van der Waals surface area (Å²) in [5.41, 5.74) is 10.5. The Balaban J connectivity index is 2.52. The van der Waals surface area contributed by atoms with Gasteiger partial charge in [0.15, 0.2) is 0 Å². The number of nitrogens with two attached hydrogens (primary N) is 2. The Morgan fingerprint density at radius 2 is 2.26 bits per heavy atom. The fourth-order valence-corrected chi connectivity index (χ4v) is 2.08. The number of nitrogens with zero attached hydrogens (tertiary/aromatic N) is 1. The van der Waals surface area contributed by atoms with Gasteiger partial charge in [-0.2, -0.15) is 0 Å². The van der Waals surface area contributed by atoms with Gasteiger partial charge in [-0.3, -0.25) is 9.79 Å². The molecule has 5 nitrogen and oxygen atoms in total. The minimum absolute atomic E-state index is 0.201. The van der Waals surface area contributed by atoms with Crippen molar-refractivity contribution in [2.45, 2.75) is 18.9 Å². The van der Waals surface area contributed by atoms with Gasteiger partial charge in [-0.25, -0.2) is 4.39 Å². The molecule has 1 heterocycles. The second kappa shape index (κ2) is 4.97. The Kier molecular flexibility index (Phi) is 3.53. The molecular weight excluding hydrogens is 249 g/mol. The SMILES string of the molecule is C[C@@]1(c2cc(C(N)=O)ccc2F)COCCC(N)=N1. The van der Waals surface area contributed by atoms with Crippen LogP contribution >= 0.6 is 0 Å². The largest absolute Gasteiger partial charge is 0.387 e. The first kappa shape index (κ1) is 13.5. The molecular formula is C13H16FN3O2. The lowest BCUT2D eigenvalue weighted by atomic mass is 9.91. The number of primary amides is 1. The maximum absolute atomic E-state index is 14.0. The summed E-state index contributed by atoms with van der Waals surface area (Å²) in [6.45, 7) is 2.36. The first-order valence-electron chi connectivity index (χ1n) is 5.94. The van der Waals surface area contributed by atoms with Crippen LogP contribution in [0.2, 0.25) is 0 Å². The predicted molar refractivity (Wildman–Crippen MR) is 69.3 cm³/mol. The average molecular weight is 265 g/mol. The lowest BCUT2D eigenvalue weighted by molar-refractivity contribution is 0.0992. The molecule has 1 amide bonds. The molecule has 0 spiro atoms. The van der Waals surface area contributed by atoms with Gasteiger partial charge in [0.05, 0.1) is 19.0 Å². The van der Waals surface area contributed by atoms with Crippen LogP contribution in [-0.2, 0) is 10.3 Å². The number of benzene rings is 1. The molecule has 6 heteroatoms. The van der Waals surface area contributed by atoms with E-state index in [1.165, 1.54) is 18.2 Å². The van der Waals surface area contributed by atoms with Crippen molar-refractivity contribution >= 4 is 11.7 Å². The van der Waals surface area contributed by atoms with E-state index >= 15 is 0 Å². The summed E-state index contributed by atoms with van der Waals surface area (Å²) in [6, 6.07) is 3.95. The average Bonchev–Trinajstić information content (AvgIpc) is 2.51. The topological polar surface area (TPSA) is 90.7 Å². The summed E-state index contributed by atoms with van der Waals surface area (Å²) in [4.78, 5) is 15.5. The van der Waals surface area contributed by atoms with Crippen LogP contribution in [0.15, 0.2) is 23.2 Å². The van der Waals surface area contributed by atoms with Crippen LogP contribution in [-0.4, -0.2) is 25.0 Å². The Hall–Kier alpha value is -1.95. The minimum Gasteiger partial charge on any atom is -0.387 e. The van der Waals surface area contributed by atoms with Gasteiger partial charge in [0.1, 0.15) is 11.4 Å². The van der Waals surface area contributed by atoms with E-state index in [0.29, 0.717) is 18.9 Å². The van der Waals surface area contributed by atoms with Gasteiger partial charge >= 0.3 is 0 Å². The van der Waals surface area contributed by atoms with Gasteiger partial charge in [-0.1, -0.05) is 0 Å². The zero-order valence-corrected chi connectivity index (χ0v) is 10.6. The molecule has 1 atom stereocenters. The highest BCUT2D eigenvalue weighted by Crippen LogP contribution is 2.30. The summed E-state index contributed by atoms with van der Waals surface area (Å²) in [5.74, 6) is -0.672. The fraction of sp³-hybridized carbons (Fsp3) is 0.385. The van der Waals surface area contributed by atoms with Gasteiger partial charge in [-0.15, -0.1) is 0 Å². The smallest absolute Gasteiger partial charge is 0.248 e. The highest BCUT2D eigenvalue weighted by Gasteiger charge is 2.32. The first-order chi connectivity index (χ1) is 8.92. The van der Waals surface area contributed by atoms with Crippen molar-refractivity contribution in [3.05, 3.63) is 35.1 Å². The van der Waals surface area contributed by atoms with Crippen molar-refractivity contribution in [2.75, 3.05) is 13.2 Å². The zero-order chi connectivity index (χ0) is 14.0. The summed E-state index contributed by atoms with van der Waals surface area (Å²) in [7, 11) is 0. The molecule has 2 rings (SSSR count). The number of hydrogen-bond acceptors (Lipinski definition) is 4. The lowest BCUT2D eigenvalue weighted by Gasteiger charge is -2.25. The van der Waals surface area contributed by atoms with Crippen LogP contribution in [0.25, 0.3) is 0 Å². The second-order valence-corrected chi connectivity index (χ2v) is 4.74. The number of halogens is 1. The predicted octanol–water partition coefficient (Wildman–Crippen LogP) is 0.917. The maximum Gasteiger partial charge on any atom is 0.248 e. The monoisotopic (exact) mass is 265 g/mol. The van der Waals surface area contributed by atoms with Crippen LogP contribution < -0.4 is 11.5 Å². The van der Waals surface area contributed by atoms with Crippen molar-refractivity contribution in [1.82, 2.24) is 0 Å². The first-order valence-corrected chi connectivity index (χ1v) is 5.94. The van der Waals surface area contributed by atoms with Gasteiger partial charge in [0.2, 0.25) is 5.91 Å². The highest BCUT2D eigenvalue weighted by molar-refractivity contribution is 5.93. The molecule has 102 valence electrons. The molecule has 1 aromatic carbocycles. The molecule has 1 aromatic rings. The molecule has 0 saturated carbocycles. The number of amidine groups is 1. The number of aliphatic imine (C=N–C) groups is 1. The lowest BCUT2D eigenvalue weighted by Crippen LogP contribution is -2.29. The Morgan fingerprint density at radius 1 is 1.53 bits per heavy atom. The second-order valence-electron chi connectivity index (χ2n) is 4.74. The summed E-state index contributed by atoms with van der Waals surface area (Å²) < 4.78 is 19.4. The number of amides is 1. The van der Waals surface area contributed by atoms with E-state index in [-0.39, 0.29) is 17.7 Å². The standard InChI is InChI=1S/C13H16FN3O2/c1-13(7-19-5-4-11(15)17-13)9-6-8(12(16)18)2-3-10(9)14/h2-3,6H,4-5,7H2,1H3,(H2,15,17)(H2,16,18)/t13-/m0/s1. The molecule has 1 aliphatic heterocycles. The van der Waals surface area contributed by atoms with Crippen LogP contribution in [0.1, 0.15) is 29.3 Å². The third-order valence-electron chi connectivity index (χ3n) is 3.11. The number of hydrogen-bond donors (Lipinski definition) is 2. The van der Waals surface area contributed by atoms with Crippen LogP contribution in [0, 0.1) is 5.82 Å². The number of ether oxygens (including phenoxy) is 1. The van der Waals surface area contributed by atoms with E-state index in [2.05, 4.69) is 4.99 Å². The molecule has 1 aliphatic rings. The third kappa shape index (κ3) is 2.73. The van der Waals surface area contributed by atoms with E-state index in [0.717, 1.165) is 0 Å². The third-order valence-corrected chi connectivity index (χ3v) is 3.11. The van der Waals surface area contributed by atoms with Crippen LogP contribution in [0.3, 0.4) is 0 Å². The Labute approximate surface area is 110 Å². The minimum atomic E-state index is -0.948. The zero-order valence-electron chi connectivity index (χ0n) is 10.6. The molecule has 0 radical (unpaired) electrons. The van der Waals surface area contributed by atoms with E-state index in [9.17, 15) is 9.18 Å².